The van der Waals surface area contributed by atoms with Gasteiger partial charge in [-0.1, -0.05) is 91.3 Å². The molecule has 9 heteroatoms. The summed E-state index contributed by atoms with van der Waals surface area (Å²) in [7, 11) is -4.19. The summed E-state index contributed by atoms with van der Waals surface area (Å²) >= 11 is 0. The number of amides is 2. The first-order chi connectivity index (χ1) is 21.1. The molecule has 0 unspecified atom stereocenters. The van der Waals surface area contributed by atoms with Crippen molar-refractivity contribution in [1.82, 2.24) is 10.2 Å². The van der Waals surface area contributed by atoms with Crippen molar-refractivity contribution in [3.05, 3.63) is 132 Å². The van der Waals surface area contributed by atoms with Gasteiger partial charge in [-0.25, -0.2) is 12.8 Å². The van der Waals surface area contributed by atoms with Crippen LogP contribution in [0.1, 0.15) is 37.0 Å². The number of hydrogen-bond donors (Lipinski definition) is 1. The van der Waals surface area contributed by atoms with Crippen LogP contribution in [0.2, 0.25) is 0 Å². The predicted octanol–water partition coefficient (Wildman–Crippen LogP) is 5.88. The molecule has 0 aromatic heterocycles. The second kappa shape index (κ2) is 14.8. The van der Waals surface area contributed by atoms with Gasteiger partial charge in [0.15, 0.2) is 0 Å². The number of sulfonamides is 1. The van der Waals surface area contributed by atoms with Gasteiger partial charge >= 0.3 is 0 Å². The average molecular weight is 616 g/mol. The fourth-order valence-electron chi connectivity index (χ4n) is 4.76. The zero-order chi connectivity index (χ0) is 31.7. The standard InChI is InChI=1S/C35H38FN3O4S/c1-4-27(3)37-35(41)33(23-28-13-7-5-8-14-28)38(24-29-15-11-12-18-32(29)36)34(40)25-39(30-21-19-26(2)20-22-30)44(42,43)31-16-9-6-10-17-31/h5-22,27,33H,4,23-25H2,1-3H3,(H,37,41)/t27-,33+/m1/s1. The Labute approximate surface area is 259 Å². The highest BCUT2D eigenvalue weighted by Gasteiger charge is 2.35. The quantitative estimate of drug-likeness (QED) is 0.203. The van der Waals surface area contributed by atoms with E-state index in [-0.39, 0.29) is 29.5 Å². The van der Waals surface area contributed by atoms with E-state index < -0.39 is 40.2 Å². The number of anilines is 1. The first-order valence-electron chi connectivity index (χ1n) is 14.6. The van der Waals surface area contributed by atoms with Crippen LogP contribution < -0.4 is 9.62 Å². The molecule has 0 aliphatic heterocycles. The predicted molar refractivity (Wildman–Crippen MR) is 171 cm³/mol. The molecule has 0 radical (unpaired) electrons. The fourth-order valence-corrected chi connectivity index (χ4v) is 6.20. The highest BCUT2D eigenvalue weighted by Crippen LogP contribution is 2.25. The number of aryl methyl sites for hydroxylation is 1. The fraction of sp³-hybridized carbons (Fsp3) is 0.257. The van der Waals surface area contributed by atoms with Crippen LogP contribution in [-0.2, 0) is 32.6 Å². The van der Waals surface area contributed by atoms with E-state index in [1.807, 2.05) is 51.1 Å². The number of halogens is 1. The maximum absolute atomic E-state index is 15.0. The molecule has 1 N–H and O–H groups in total. The molecule has 0 aliphatic rings. The van der Waals surface area contributed by atoms with Crippen molar-refractivity contribution < 1.29 is 22.4 Å². The Morgan fingerprint density at radius 3 is 2.05 bits per heavy atom. The first kappa shape index (κ1) is 32.4. The van der Waals surface area contributed by atoms with E-state index in [4.69, 9.17) is 0 Å². The number of hydrogen-bond acceptors (Lipinski definition) is 4. The SMILES string of the molecule is CC[C@@H](C)NC(=O)[C@H](Cc1ccccc1)N(Cc1ccccc1F)C(=O)CN(c1ccc(C)cc1)S(=O)(=O)c1ccccc1. The molecule has 4 rings (SSSR count). The van der Waals surface area contributed by atoms with Gasteiger partial charge in [-0.05, 0) is 56.2 Å². The zero-order valence-corrected chi connectivity index (χ0v) is 26.0. The first-order valence-corrected chi connectivity index (χ1v) is 16.1. The van der Waals surface area contributed by atoms with Gasteiger partial charge in [0.25, 0.3) is 10.0 Å². The van der Waals surface area contributed by atoms with E-state index in [0.717, 1.165) is 15.4 Å². The van der Waals surface area contributed by atoms with Gasteiger partial charge in [-0.3, -0.25) is 13.9 Å². The molecular formula is C35H38FN3O4S. The number of carbonyl (C=O) groups is 2. The van der Waals surface area contributed by atoms with Crippen LogP contribution in [0.25, 0.3) is 0 Å². The van der Waals surface area contributed by atoms with Crippen molar-refractivity contribution >= 4 is 27.5 Å². The highest BCUT2D eigenvalue weighted by atomic mass is 32.2. The minimum absolute atomic E-state index is 0.0179. The van der Waals surface area contributed by atoms with Gasteiger partial charge in [0.05, 0.1) is 10.6 Å². The Balaban J connectivity index is 1.80. The summed E-state index contributed by atoms with van der Waals surface area (Å²) in [5, 5.41) is 2.97. The Kier molecular flexibility index (Phi) is 10.9. The van der Waals surface area contributed by atoms with Crippen LogP contribution in [-0.4, -0.2) is 43.8 Å². The summed E-state index contributed by atoms with van der Waals surface area (Å²) in [6.45, 7) is 4.85. The Bertz CT molecular complexity index is 1650. The van der Waals surface area contributed by atoms with Gasteiger partial charge in [-0.2, -0.15) is 0 Å². The summed E-state index contributed by atoms with van der Waals surface area (Å²) in [4.78, 5) is 29.5. The monoisotopic (exact) mass is 615 g/mol. The Morgan fingerprint density at radius 2 is 1.43 bits per heavy atom. The van der Waals surface area contributed by atoms with E-state index in [1.54, 1.807) is 60.7 Å². The maximum atomic E-state index is 15.0. The van der Waals surface area contributed by atoms with Crippen molar-refractivity contribution in [2.24, 2.45) is 0 Å². The largest absolute Gasteiger partial charge is 0.352 e. The molecule has 0 bridgehead atoms. The van der Waals surface area contributed by atoms with E-state index in [2.05, 4.69) is 5.32 Å². The lowest BCUT2D eigenvalue weighted by Gasteiger charge is -2.34. The summed E-state index contributed by atoms with van der Waals surface area (Å²) < 4.78 is 44.0. The highest BCUT2D eigenvalue weighted by molar-refractivity contribution is 7.92. The number of nitrogens with one attached hydrogen (secondary N) is 1. The van der Waals surface area contributed by atoms with Gasteiger partial charge in [-0.15, -0.1) is 0 Å². The number of benzene rings is 4. The van der Waals surface area contributed by atoms with Crippen LogP contribution in [0.4, 0.5) is 10.1 Å². The lowest BCUT2D eigenvalue weighted by atomic mass is 10.0. The molecule has 230 valence electrons. The molecule has 0 aliphatic carbocycles. The van der Waals surface area contributed by atoms with E-state index in [0.29, 0.717) is 12.1 Å². The van der Waals surface area contributed by atoms with Crippen molar-refractivity contribution in [3.63, 3.8) is 0 Å². The average Bonchev–Trinajstić information content (AvgIpc) is 3.03. The van der Waals surface area contributed by atoms with Crippen LogP contribution in [0, 0.1) is 12.7 Å². The smallest absolute Gasteiger partial charge is 0.264 e. The molecule has 7 nitrogen and oxygen atoms in total. The number of rotatable bonds is 13. The number of carbonyl (C=O) groups excluding carboxylic acids is 2. The number of nitrogens with zero attached hydrogens (tertiary/aromatic N) is 2. The third-order valence-corrected chi connectivity index (χ3v) is 9.29. The molecule has 0 saturated carbocycles. The Hall–Kier alpha value is -4.50. The van der Waals surface area contributed by atoms with Gasteiger partial charge in [0, 0.05) is 24.6 Å². The third kappa shape index (κ3) is 8.11. The van der Waals surface area contributed by atoms with Crippen LogP contribution >= 0.6 is 0 Å². The topological polar surface area (TPSA) is 86.8 Å². The van der Waals surface area contributed by atoms with E-state index in [9.17, 15) is 18.0 Å². The molecule has 4 aromatic rings. The Morgan fingerprint density at radius 1 is 0.841 bits per heavy atom. The molecule has 44 heavy (non-hydrogen) atoms. The van der Waals surface area contributed by atoms with Crippen LogP contribution in [0.15, 0.2) is 114 Å². The lowest BCUT2D eigenvalue weighted by Crippen LogP contribution is -2.54. The molecule has 2 atom stereocenters. The molecule has 0 saturated heterocycles. The molecule has 0 heterocycles. The molecule has 0 fully saturated rings. The summed E-state index contributed by atoms with van der Waals surface area (Å²) in [5.41, 5.74) is 2.23. The molecule has 4 aromatic carbocycles. The minimum Gasteiger partial charge on any atom is -0.352 e. The van der Waals surface area contributed by atoms with Crippen molar-refractivity contribution in [1.29, 1.82) is 0 Å². The summed E-state index contributed by atoms with van der Waals surface area (Å²) in [6, 6.07) is 28.8. The van der Waals surface area contributed by atoms with Crippen LogP contribution in [0.5, 0.6) is 0 Å². The second-order valence-corrected chi connectivity index (χ2v) is 12.7. The molecule has 0 spiro atoms. The zero-order valence-electron chi connectivity index (χ0n) is 25.2. The summed E-state index contributed by atoms with van der Waals surface area (Å²) in [6.07, 6.45) is 0.820. The lowest BCUT2D eigenvalue weighted by molar-refractivity contribution is -0.140. The minimum atomic E-state index is -4.19. The van der Waals surface area contributed by atoms with E-state index >= 15 is 4.39 Å². The third-order valence-electron chi connectivity index (χ3n) is 7.50. The van der Waals surface area contributed by atoms with Gasteiger partial charge in [0.1, 0.15) is 18.4 Å². The normalized spacial score (nSPS) is 12.6. The summed E-state index contributed by atoms with van der Waals surface area (Å²) in [5.74, 6) is -1.58. The molecular weight excluding hydrogens is 577 g/mol. The van der Waals surface area contributed by atoms with Gasteiger partial charge in [0.2, 0.25) is 11.8 Å². The van der Waals surface area contributed by atoms with Gasteiger partial charge < -0.3 is 10.2 Å². The maximum Gasteiger partial charge on any atom is 0.264 e. The second-order valence-electron chi connectivity index (χ2n) is 10.8. The van der Waals surface area contributed by atoms with Crippen LogP contribution in [0.3, 0.4) is 0 Å². The van der Waals surface area contributed by atoms with Crippen molar-refractivity contribution in [2.45, 2.75) is 57.1 Å². The van der Waals surface area contributed by atoms with E-state index in [1.165, 1.54) is 23.1 Å². The van der Waals surface area contributed by atoms with Crippen molar-refractivity contribution in [2.75, 3.05) is 10.8 Å². The van der Waals surface area contributed by atoms with Crippen molar-refractivity contribution in [3.8, 4) is 0 Å². The molecule has 2 amide bonds.